The van der Waals surface area contributed by atoms with Crippen molar-refractivity contribution in [1.82, 2.24) is 10.6 Å². The van der Waals surface area contributed by atoms with Crippen molar-refractivity contribution in [2.24, 2.45) is 5.92 Å². The molecule has 114 valence electrons. The second-order valence-electron chi connectivity index (χ2n) is 5.88. The van der Waals surface area contributed by atoms with Crippen molar-refractivity contribution in [2.45, 2.75) is 33.1 Å². The van der Waals surface area contributed by atoms with Crippen molar-refractivity contribution in [1.29, 1.82) is 0 Å². The Morgan fingerprint density at radius 1 is 1.30 bits per heavy atom. The highest BCUT2D eigenvalue weighted by Gasteiger charge is 2.23. The molecular weight excluding hydrogens is 272 g/mol. The summed E-state index contributed by atoms with van der Waals surface area (Å²) in [6.07, 6.45) is 0. The zero-order valence-corrected chi connectivity index (χ0v) is 13.9. The van der Waals surface area contributed by atoms with Crippen molar-refractivity contribution >= 4 is 18.3 Å². The monoisotopic (exact) mass is 298 g/mol. The molecule has 1 atom stereocenters. The van der Waals surface area contributed by atoms with Gasteiger partial charge in [-0.1, -0.05) is 45.0 Å². The van der Waals surface area contributed by atoms with E-state index >= 15 is 0 Å². The molecule has 0 radical (unpaired) electrons. The third kappa shape index (κ3) is 5.14. The molecule has 20 heavy (non-hydrogen) atoms. The van der Waals surface area contributed by atoms with Crippen LogP contribution < -0.4 is 10.6 Å². The molecule has 0 heterocycles. The Balaban J connectivity index is 0.00000361. The van der Waals surface area contributed by atoms with Crippen LogP contribution in [0.3, 0.4) is 0 Å². The summed E-state index contributed by atoms with van der Waals surface area (Å²) in [7, 11) is 1.86. The van der Waals surface area contributed by atoms with Crippen LogP contribution in [0.5, 0.6) is 0 Å². The normalized spacial score (nSPS) is 12.4. The van der Waals surface area contributed by atoms with E-state index in [1.165, 1.54) is 11.1 Å². The van der Waals surface area contributed by atoms with Gasteiger partial charge in [-0.15, -0.1) is 12.4 Å². The van der Waals surface area contributed by atoms with Gasteiger partial charge < -0.3 is 10.6 Å². The van der Waals surface area contributed by atoms with Gasteiger partial charge in [0.2, 0.25) is 5.91 Å². The van der Waals surface area contributed by atoms with Crippen LogP contribution in [-0.2, 0) is 10.2 Å². The Labute approximate surface area is 128 Å². The molecule has 0 saturated heterocycles. The molecule has 2 N–H and O–H groups in total. The molecule has 0 aromatic heterocycles. The number of halogens is 1. The van der Waals surface area contributed by atoms with E-state index < -0.39 is 0 Å². The maximum atomic E-state index is 11.9. The van der Waals surface area contributed by atoms with Crippen LogP contribution in [0.15, 0.2) is 24.3 Å². The predicted molar refractivity (Wildman–Crippen MR) is 87.6 cm³/mol. The number of hydrogen-bond acceptors (Lipinski definition) is 2. The molecule has 1 aromatic carbocycles. The van der Waals surface area contributed by atoms with Gasteiger partial charge in [0.1, 0.15) is 0 Å². The molecule has 0 aliphatic heterocycles. The Morgan fingerprint density at radius 2 is 1.90 bits per heavy atom. The number of hydrogen-bond donors (Lipinski definition) is 2. The second-order valence-corrected chi connectivity index (χ2v) is 5.88. The first-order chi connectivity index (χ1) is 8.88. The fraction of sp³-hybridized carbons (Fsp3) is 0.562. The molecule has 0 spiro atoms. The molecule has 1 aromatic rings. The van der Waals surface area contributed by atoms with E-state index in [0.717, 1.165) is 0 Å². The lowest BCUT2D eigenvalue weighted by Gasteiger charge is -2.28. The van der Waals surface area contributed by atoms with Gasteiger partial charge in [-0.25, -0.2) is 0 Å². The van der Waals surface area contributed by atoms with Gasteiger partial charge in [0, 0.05) is 24.4 Å². The molecule has 3 nitrogen and oxygen atoms in total. The van der Waals surface area contributed by atoms with Crippen molar-refractivity contribution < 1.29 is 4.79 Å². The summed E-state index contributed by atoms with van der Waals surface area (Å²) >= 11 is 0. The summed E-state index contributed by atoms with van der Waals surface area (Å²) in [4.78, 5) is 11.9. The van der Waals surface area contributed by atoms with Gasteiger partial charge in [-0.2, -0.15) is 0 Å². The molecule has 0 aliphatic carbocycles. The third-order valence-electron chi connectivity index (χ3n) is 3.54. The Hall–Kier alpha value is -1.06. The zero-order valence-electron chi connectivity index (χ0n) is 13.1. The number of carbonyl (C=O) groups is 1. The van der Waals surface area contributed by atoms with E-state index in [9.17, 15) is 4.79 Å². The van der Waals surface area contributed by atoms with Gasteiger partial charge in [0.15, 0.2) is 0 Å². The SMILES string of the molecule is CNCC(C)C(=O)NCC(C)(C)c1ccccc1C.Cl. The maximum Gasteiger partial charge on any atom is 0.224 e. The molecule has 1 amide bonds. The summed E-state index contributed by atoms with van der Waals surface area (Å²) < 4.78 is 0. The van der Waals surface area contributed by atoms with Gasteiger partial charge in [-0.3, -0.25) is 4.79 Å². The van der Waals surface area contributed by atoms with Gasteiger partial charge >= 0.3 is 0 Å². The summed E-state index contributed by atoms with van der Waals surface area (Å²) in [5.74, 6) is 0.105. The molecule has 0 fully saturated rings. The van der Waals surface area contributed by atoms with E-state index in [-0.39, 0.29) is 29.6 Å². The minimum atomic E-state index is -0.0552. The van der Waals surface area contributed by atoms with E-state index in [1.807, 2.05) is 20.0 Å². The van der Waals surface area contributed by atoms with Crippen LogP contribution in [0.1, 0.15) is 31.9 Å². The van der Waals surface area contributed by atoms with Gasteiger partial charge in [0.25, 0.3) is 0 Å². The molecule has 4 heteroatoms. The molecule has 0 bridgehead atoms. The Bertz CT molecular complexity index is 432. The number of amides is 1. The highest BCUT2D eigenvalue weighted by atomic mass is 35.5. The summed E-state index contributed by atoms with van der Waals surface area (Å²) in [6.45, 7) is 9.74. The average molecular weight is 299 g/mol. The molecule has 1 unspecified atom stereocenters. The Kier molecular flexibility index (Phi) is 7.84. The van der Waals surface area contributed by atoms with Crippen molar-refractivity contribution in [3.05, 3.63) is 35.4 Å². The number of carbonyl (C=O) groups excluding carboxylic acids is 1. The highest BCUT2D eigenvalue weighted by Crippen LogP contribution is 2.25. The number of benzene rings is 1. The fourth-order valence-electron chi connectivity index (χ4n) is 2.31. The standard InChI is InChI=1S/C16H26N2O.ClH/c1-12-8-6-7-9-14(12)16(3,4)11-18-15(19)13(2)10-17-5;/h6-9,13,17H,10-11H2,1-5H3,(H,18,19);1H. The number of nitrogens with one attached hydrogen (secondary N) is 2. The lowest BCUT2D eigenvalue weighted by Crippen LogP contribution is -2.41. The first-order valence-electron chi connectivity index (χ1n) is 6.87. The molecule has 1 rings (SSSR count). The number of aryl methyl sites for hydroxylation is 1. The van der Waals surface area contributed by atoms with Crippen molar-refractivity contribution in [2.75, 3.05) is 20.1 Å². The summed E-state index contributed by atoms with van der Waals surface area (Å²) in [5.41, 5.74) is 2.50. The summed E-state index contributed by atoms with van der Waals surface area (Å²) in [6, 6.07) is 8.35. The first-order valence-corrected chi connectivity index (χ1v) is 6.87. The lowest BCUT2D eigenvalue weighted by molar-refractivity contribution is -0.124. The Morgan fingerprint density at radius 3 is 2.45 bits per heavy atom. The quantitative estimate of drug-likeness (QED) is 0.848. The van der Waals surface area contributed by atoms with Crippen molar-refractivity contribution in [3.8, 4) is 0 Å². The maximum absolute atomic E-state index is 11.9. The van der Waals surface area contributed by atoms with Crippen molar-refractivity contribution in [3.63, 3.8) is 0 Å². The van der Waals surface area contributed by atoms with E-state index in [4.69, 9.17) is 0 Å². The smallest absolute Gasteiger partial charge is 0.224 e. The third-order valence-corrected chi connectivity index (χ3v) is 3.54. The van der Waals surface area contributed by atoms with Crippen LogP contribution in [0, 0.1) is 12.8 Å². The van der Waals surface area contributed by atoms with Crippen LogP contribution in [0.4, 0.5) is 0 Å². The predicted octanol–water partition coefficient (Wildman–Crippen LogP) is 2.67. The van der Waals surface area contributed by atoms with Crippen LogP contribution >= 0.6 is 12.4 Å². The van der Waals surface area contributed by atoms with Gasteiger partial charge in [0.05, 0.1) is 0 Å². The summed E-state index contributed by atoms with van der Waals surface area (Å²) in [5, 5.41) is 6.08. The van der Waals surface area contributed by atoms with E-state index in [0.29, 0.717) is 13.1 Å². The van der Waals surface area contributed by atoms with Crippen LogP contribution in [0.2, 0.25) is 0 Å². The second kappa shape index (κ2) is 8.28. The first kappa shape index (κ1) is 18.9. The number of rotatable bonds is 6. The van der Waals surface area contributed by atoms with E-state index in [1.54, 1.807) is 0 Å². The minimum Gasteiger partial charge on any atom is -0.355 e. The molecular formula is C16H27ClN2O. The zero-order chi connectivity index (χ0) is 14.5. The lowest BCUT2D eigenvalue weighted by atomic mass is 9.82. The minimum absolute atomic E-state index is 0. The fourth-order valence-corrected chi connectivity index (χ4v) is 2.31. The topological polar surface area (TPSA) is 41.1 Å². The van der Waals surface area contributed by atoms with Gasteiger partial charge in [-0.05, 0) is 25.1 Å². The molecule has 0 saturated carbocycles. The average Bonchev–Trinajstić information content (AvgIpc) is 2.36. The van der Waals surface area contributed by atoms with Crippen LogP contribution in [0.25, 0.3) is 0 Å². The van der Waals surface area contributed by atoms with E-state index in [2.05, 4.69) is 49.6 Å². The molecule has 0 aliphatic rings. The highest BCUT2D eigenvalue weighted by molar-refractivity contribution is 5.85. The van der Waals surface area contributed by atoms with Crippen LogP contribution in [-0.4, -0.2) is 26.0 Å². The largest absolute Gasteiger partial charge is 0.355 e.